The lowest BCUT2D eigenvalue weighted by atomic mass is 9.98. The standard InChI is InChI=1S/C15H23NO2/c1-12(17)13-6-3-4-7-14(13)16-10-5-8-15(2,18)9-11-16/h3-4,6-7,12,17-18H,5,8-11H2,1-2H3. The summed E-state index contributed by atoms with van der Waals surface area (Å²) in [6, 6.07) is 7.99. The molecule has 100 valence electrons. The van der Waals surface area contributed by atoms with Crippen LogP contribution in [0.25, 0.3) is 0 Å². The van der Waals surface area contributed by atoms with E-state index in [-0.39, 0.29) is 0 Å². The van der Waals surface area contributed by atoms with Crippen molar-refractivity contribution in [1.82, 2.24) is 0 Å². The van der Waals surface area contributed by atoms with E-state index in [9.17, 15) is 10.2 Å². The second-order valence-corrected chi connectivity index (χ2v) is 5.57. The van der Waals surface area contributed by atoms with Crippen LogP contribution >= 0.6 is 0 Å². The Bertz CT molecular complexity index is 401. The third-order valence-electron chi connectivity index (χ3n) is 3.79. The Morgan fingerprint density at radius 3 is 2.67 bits per heavy atom. The molecule has 1 heterocycles. The van der Waals surface area contributed by atoms with Gasteiger partial charge in [0, 0.05) is 24.3 Å². The molecule has 0 saturated carbocycles. The molecule has 1 fully saturated rings. The topological polar surface area (TPSA) is 43.7 Å². The molecule has 3 nitrogen and oxygen atoms in total. The fourth-order valence-corrected chi connectivity index (χ4v) is 2.63. The molecule has 0 bridgehead atoms. The molecule has 0 spiro atoms. The summed E-state index contributed by atoms with van der Waals surface area (Å²) in [6.07, 6.45) is 2.16. The maximum absolute atomic E-state index is 10.1. The highest BCUT2D eigenvalue weighted by molar-refractivity contribution is 5.54. The van der Waals surface area contributed by atoms with E-state index in [1.54, 1.807) is 6.92 Å². The normalized spacial score (nSPS) is 26.8. The number of aliphatic hydroxyl groups excluding tert-OH is 1. The van der Waals surface area contributed by atoms with E-state index in [4.69, 9.17) is 0 Å². The first kappa shape index (κ1) is 13.4. The summed E-state index contributed by atoms with van der Waals surface area (Å²) in [5.74, 6) is 0. The SMILES string of the molecule is CC(O)c1ccccc1N1CCCC(C)(O)CC1. The summed E-state index contributed by atoms with van der Waals surface area (Å²) < 4.78 is 0. The summed E-state index contributed by atoms with van der Waals surface area (Å²) in [5, 5.41) is 20.0. The van der Waals surface area contributed by atoms with Gasteiger partial charge in [-0.1, -0.05) is 18.2 Å². The van der Waals surface area contributed by atoms with Gasteiger partial charge in [0.25, 0.3) is 0 Å². The number of anilines is 1. The molecule has 2 N–H and O–H groups in total. The highest BCUT2D eigenvalue weighted by Crippen LogP contribution is 2.30. The molecule has 0 aliphatic carbocycles. The van der Waals surface area contributed by atoms with Gasteiger partial charge in [-0.3, -0.25) is 0 Å². The van der Waals surface area contributed by atoms with Gasteiger partial charge in [0.1, 0.15) is 0 Å². The van der Waals surface area contributed by atoms with Crippen molar-refractivity contribution in [3.63, 3.8) is 0 Å². The molecule has 18 heavy (non-hydrogen) atoms. The molecule has 1 aromatic carbocycles. The van der Waals surface area contributed by atoms with Crippen molar-refractivity contribution in [2.75, 3.05) is 18.0 Å². The number of aliphatic hydroxyl groups is 2. The lowest BCUT2D eigenvalue weighted by molar-refractivity contribution is 0.0481. The third kappa shape index (κ3) is 3.03. The molecular weight excluding hydrogens is 226 g/mol. The zero-order valence-corrected chi connectivity index (χ0v) is 11.3. The maximum atomic E-state index is 10.1. The van der Waals surface area contributed by atoms with E-state index in [2.05, 4.69) is 11.0 Å². The van der Waals surface area contributed by atoms with Gasteiger partial charge in [-0.15, -0.1) is 0 Å². The van der Waals surface area contributed by atoms with Gasteiger partial charge in [0.2, 0.25) is 0 Å². The highest BCUT2D eigenvalue weighted by atomic mass is 16.3. The minimum absolute atomic E-state index is 0.454. The van der Waals surface area contributed by atoms with Crippen LogP contribution in [-0.4, -0.2) is 28.9 Å². The van der Waals surface area contributed by atoms with Gasteiger partial charge in [-0.2, -0.15) is 0 Å². The fourth-order valence-electron chi connectivity index (χ4n) is 2.63. The first-order valence-electron chi connectivity index (χ1n) is 6.74. The molecule has 0 radical (unpaired) electrons. The van der Waals surface area contributed by atoms with Crippen molar-refractivity contribution >= 4 is 5.69 Å². The first-order chi connectivity index (χ1) is 8.49. The molecule has 2 atom stereocenters. The average Bonchev–Trinajstić information content (AvgIpc) is 2.50. The van der Waals surface area contributed by atoms with Crippen LogP contribution in [0.1, 0.15) is 44.8 Å². The number of rotatable bonds is 2. The van der Waals surface area contributed by atoms with Gasteiger partial charge in [0.05, 0.1) is 11.7 Å². The molecule has 1 aromatic rings. The second-order valence-electron chi connectivity index (χ2n) is 5.57. The number of para-hydroxylation sites is 1. The summed E-state index contributed by atoms with van der Waals surface area (Å²) in [4.78, 5) is 2.28. The van der Waals surface area contributed by atoms with Crippen molar-refractivity contribution in [3.8, 4) is 0 Å². The zero-order chi connectivity index (χ0) is 13.2. The molecule has 2 rings (SSSR count). The number of hydrogen-bond donors (Lipinski definition) is 2. The van der Waals surface area contributed by atoms with E-state index in [0.717, 1.165) is 43.6 Å². The minimum atomic E-state index is -0.547. The number of benzene rings is 1. The van der Waals surface area contributed by atoms with Gasteiger partial charge >= 0.3 is 0 Å². The van der Waals surface area contributed by atoms with Crippen LogP contribution < -0.4 is 4.90 Å². The first-order valence-corrected chi connectivity index (χ1v) is 6.74. The lowest BCUT2D eigenvalue weighted by Crippen LogP contribution is -2.29. The van der Waals surface area contributed by atoms with Crippen molar-refractivity contribution in [3.05, 3.63) is 29.8 Å². The smallest absolute Gasteiger partial charge is 0.0781 e. The summed E-state index contributed by atoms with van der Waals surface area (Å²) in [7, 11) is 0. The predicted octanol–water partition coefficient (Wildman–Crippen LogP) is 2.48. The molecule has 1 aliphatic rings. The summed E-state index contributed by atoms with van der Waals surface area (Å²) in [6.45, 7) is 5.50. The molecule has 0 amide bonds. The Labute approximate surface area is 109 Å². The predicted molar refractivity (Wildman–Crippen MR) is 73.8 cm³/mol. The molecule has 3 heteroatoms. The van der Waals surface area contributed by atoms with Crippen LogP contribution in [0.3, 0.4) is 0 Å². The van der Waals surface area contributed by atoms with E-state index in [1.165, 1.54) is 0 Å². The van der Waals surface area contributed by atoms with Crippen LogP contribution in [0.15, 0.2) is 24.3 Å². The largest absolute Gasteiger partial charge is 0.390 e. The third-order valence-corrected chi connectivity index (χ3v) is 3.79. The molecule has 0 aromatic heterocycles. The van der Waals surface area contributed by atoms with Crippen LogP contribution in [0, 0.1) is 0 Å². The van der Waals surface area contributed by atoms with Gasteiger partial charge in [-0.25, -0.2) is 0 Å². The van der Waals surface area contributed by atoms with Crippen LogP contribution in [0.5, 0.6) is 0 Å². The summed E-state index contributed by atoms with van der Waals surface area (Å²) in [5.41, 5.74) is 1.53. The maximum Gasteiger partial charge on any atom is 0.0781 e. The summed E-state index contributed by atoms with van der Waals surface area (Å²) >= 11 is 0. The zero-order valence-electron chi connectivity index (χ0n) is 11.3. The average molecular weight is 249 g/mol. The van der Waals surface area contributed by atoms with Crippen LogP contribution in [0.2, 0.25) is 0 Å². The van der Waals surface area contributed by atoms with E-state index >= 15 is 0 Å². The Kier molecular flexibility index (Phi) is 3.93. The molecule has 1 aliphatic heterocycles. The van der Waals surface area contributed by atoms with Gasteiger partial charge in [-0.05, 0) is 39.2 Å². The monoisotopic (exact) mass is 249 g/mol. The van der Waals surface area contributed by atoms with Crippen molar-refractivity contribution in [1.29, 1.82) is 0 Å². The van der Waals surface area contributed by atoms with Crippen molar-refractivity contribution in [2.45, 2.75) is 44.8 Å². The second kappa shape index (κ2) is 5.29. The fraction of sp³-hybridized carbons (Fsp3) is 0.600. The van der Waals surface area contributed by atoms with E-state index in [0.29, 0.717) is 0 Å². The molecule has 1 saturated heterocycles. The van der Waals surface area contributed by atoms with Crippen LogP contribution in [-0.2, 0) is 0 Å². The van der Waals surface area contributed by atoms with Crippen molar-refractivity contribution < 1.29 is 10.2 Å². The Balaban J connectivity index is 2.21. The van der Waals surface area contributed by atoms with Crippen molar-refractivity contribution in [2.24, 2.45) is 0 Å². The Hall–Kier alpha value is -1.06. The van der Waals surface area contributed by atoms with Gasteiger partial charge < -0.3 is 15.1 Å². The number of nitrogens with zero attached hydrogens (tertiary/aromatic N) is 1. The minimum Gasteiger partial charge on any atom is -0.390 e. The molecule has 2 unspecified atom stereocenters. The van der Waals surface area contributed by atoms with Crippen LogP contribution in [0.4, 0.5) is 5.69 Å². The Morgan fingerprint density at radius 2 is 1.94 bits per heavy atom. The van der Waals surface area contributed by atoms with E-state index in [1.807, 2.05) is 25.1 Å². The highest BCUT2D eigenvalue weighted by Gasteiger charge is 2.26. The van der Waals surface area contributed by atoms with E-state index < -0.39 is 11.7 Å². The molecular formula is C15H23NO2. The Morgan fingerprint density at radius 1 is 1.22 bits per heavy atom. The number of hydrogen-bond acceptors (Lipinski definition) is 3. The van der Waals surface area contributed by atoms with Gasteiger partial charge in [0.15, 0.2) is 0 Å². The lowest BCUT2D eigenvalue weighted by Gasteiger charge is -2.27. The quantitative estimate of drug-likeness (QED) is 0.846.